The Kier molecular flexibility index (Phi) is 3.21. The van der Waals surface area contributed by atoms with Gasteiger partial charge in [-0.15, -0.1) is 0 Å². The molecular formula is C8H7O5S. The van der Waals surface area contributed by atoms with Crippen LogP contribution in [0.4, 0.5) is 0 Å². The number of rotatable bonds is 4. The van der Waals surface area contributed by atoms with Crippen molar-refractivity contribution in [2.45, 2.75) is 5.44 Å². The van der Waals surface area contributed by atoms with E-state index >= 15 is 0 Å². The van der Waals surface area contributed by atoms with Crippen LogP contribution >= 0.6 is 0 Å². The Hall–Kier alpha value is -1.40. The fourth-order valence-corrected chi connectivity index (χ4v) is 1.12. The van der Waals surface area contributed by atoms with Crippen molar-refractivity contribution in [3.63, 3.8) is 0 Å². The number of para-hydroxylation sites is 1. The quantitative estimate of drug-likeness (QED) is 0.735. The van der Waals surface area contributed by atoms with Gasteiger partial charge in [-0.2, -0.15) is 8.42 Å². The van der Waals surface area contributed by atoms with Crippen molar-refractivity contribution in [3.05, 3.63) is 30.3 Å². The molecule has 0 aliphatic carbocycles. The molecule has 0 aliphatic rings. The number of ether oxygens (including phenoxy) is 1. The molecular weight excluding hydrogens is 208 g/mol. The van der Waals surface area contributed by atoms with Crippen molar-refractivity contribution in [2.24, 2.45) is 0 Å². The molecule has 1 aromatic rings. The molecule has 0 aliphatic heterocycles. The van der Waals surface area contributed by atoms with Crippen LogP contribution in [0.5, 0.6) is 5.75 Å². The summed E-state index contributed by atoms with van der Waals surface area (Å²) in [6, 6.07) is 7.80. The molecule has 5 nitrogen and oxygen atoms in total. The van der Waals surface area contributed by atoms with Gasteiger partial charge in [-0.25, -0.2) is 0 Å². The molecule has 0 saturated heterocycles. The van der Waals surface area contributed by atoms with Gasteiger partial charge < -0.3 is 4.74 Å². The average Bonchev–Trinajstić information content (AvgIpc) is 2.14. The molecule has 6 heteroatoms. The summed E-state index contributed by atoms with van der Waals surface area (Å²) in [5.41, 5.74) is -2.00. The largest absolute Gasteiger partial charge is 0.463 e. The zero-order valence-electron chi connectivity index (χ0n) is 6.95. The minimum atomic E-state index is -4.56. The molecule has 0 aromatic heterocycles. The molecule has 1 rings (SSSR count). The lowest BCUT2D eigenvalue weighted by molar-refractivity contribution is 0.303. The second-order valence-electron chi connectivity index (χ2n) is 2.40. The van der Waals surface area contributed by atoms with E-state index in [4.69, 9.17) is 4.55 Å². The molecule has 1 N–H and O–H groups in total. The Balaban J connectivity index is 2.82. The van der Waals surface area contributed by atoms with Gasteiger partial charge in [0.2, 0.25) is 0 Å². The van der Waals surface area contributed by atoms with Gasteiger partial charge in [-0.1, -0.05) is 18.2 Å². The topological polar surface area (TPSA) is 80.7 Å². The van der Waals surface area contributed by atoms with E-state index in [1.807, 2.05) is 0 Å². The summed E-state index contributed by atoms with van der Waals surface area (Å²) in [6.07, 6.45) is 1.08. The molecule has 0 spiro atoms. The lowest BCUT2D eigenvalue weighted by Crippen LogP contribution is -2.28. The van der Waals surface area contributed by atoms with Gasteiger partial charge in [0.05, 0.1) is 0 Å². The SMILES string of the molecule is O=[C]C(Oc1ccccc1)S(=O)(=O)O. The Morgan fingerprint density at radius 1 is 1.29 bits per heavy atom. The highest BCUT2D eigenvalue weighted by atomic mass is 32.2. The third-order valence-corrected chi connectivity index (χ3v) is 2.09. The van der Waals surface area contributed by atoms with E-state index in [0.717, 1.165) is 6.29 Å². The Morgan fingerprint density at radius 3 is 2.29 bits per heavy atom. The molecule has 1 atom stereocenters. The molecule has 0 fully saturated rings. The van der Waals surface area contributed by atoms with E-state index in [1.165, 1.54) is 12.1 Å². The number of hydrogen-bond donors (Lipinski definition) is 1. The summed E-state index contributed by atoms with van der Waals surface area (Å²) in [5, 5.41) is 0. The van der Waals surface area contributed by atoms with Crippen LogP contribution < -0.4 is 4.74 Å². The third-order valence-electron chi connectivity index (χ3n) is 1.35. The van der Waals surface area contributed by atoms with E-state index in [1.54, 1.807) is 18.2 Å². The second kappa shape index (κ2) is 4.21. The van der Waals surface area contributed by atoms with E-state index in [0.29, 0.717) is 0 Å². The summed E-state index contributed by atoms with van der Waals surface area (Å²) < 4.78 is 34.3. The first kappa shape index (κ1) is 10.7. The van der Waals surface area contributed by atoms with Crippen LogP contribution in [0.25, 0.3) is 0 Å². The van der Waals surface area contributed by atoms with E-state index in [-0.39, 0.29) is 5.75 Å². The normalized spacial score (nSPS) is 13.2. The molecule has 0 saturated carbocycles. The summed E-state index contributed by atoms with van der Waals surface area (Å²) in [7, 11) is -4.56. The molecule has 14 heavy (non-hydrogen) atoms. The first-order chi connectivity index (χ1) is 6.54. The minimum absolute atomic E-state index is 0.165. The van der Waals surface area contributed by atoms with Crippen LogP contribution in [-0.4, -0.2) is 24.7 Å². The Bertz CT molecular complexity index is 397. The second-order valence-corrected chi connectivity index (χ2v) is 3.85. The summed E-state index contributed by atoms with van der Waals surface area (Å²) in [6.45, 7) is 0. The van der Waals surface area contributed by atoms with E-state index in [9.17, 15) is 13.2 Å². The Labute approximate surface area is 81.1 Å². The molecule has 1 radical (unpaired) electrons. The van der Waals surface area contributed by atoms with Crippen molar-refractivity contribution in [3.8, 4) is 5.75 Å². The van der Waals surface area contributed by atoms with Gasteiger partial charge >= 0.3 is 10.1 Å². The van der Waals surface area contributed by atoms with Crippen LogP contribution in [-0.2, 0) is 14.9 Å². The van der Waals surface area contributed by atoms with Crippen LogP contribution in [0.1, 0.15) is 0 Å². The standard InChI is InChI=1S/C8H7O5S/c9-6-8(14(10,11)12)13-7-4-2-1-3-5-7/h1-5,8H,(H,10,11,12). The predicted molar refractivity (Wildman–Crippen MR) is 48.1 cm³/mol. The zero-order chi connectivity index (χ0) is 10.6. The molecule has 75 valence electrons. The average molecular weight is 215 g/mol. The maximum absolute atomic E-state index is 10.5. The molecule has 0 amide bonds. The van der Waals surface area contributed by atoms with Crippen molar-refractivity contribution >= 4 is 16.4 Å². The van der Waals surface area contributed by atoms with Crippen LogP contribution in [0.3, 0.4) is 0 Å². The third kappa shape index (κ3) is 2.82. The maximum atomic E-state index is 10.5. The first-order valence-electron chi connectivity index (χ1n) is 3.59. The van der Waals surface area contributed by atoms with Crippen LogP contribution in [0.15, 0.2) is 30.3 Å². The first-order valence-corrected chi connectivity index (χ1v) is 5.10. The highest BCUT2D eigenvalue weighted by Crippen LogP contribution is 2.12. The van der Waals surface area contributed by atoms with Gasteiger partial charge in [-0.3, -0.25) is 9.35 Å². The number of benzene rings is 1. The molecule has 1 aromatic carbocycles. The number of carbonyl (C=O) groups excluding carboxylic acids is 1. The van der Waals surface area contributed by atoms with Crippen molar-refractivity contribution in [1.82, 2.24) is 0 Å². The predicted octanol–water partition coefficient (Wildman–Crippen LogP) is 0.389. The molecule has 0 bridgehead atoms. The fourth-order valence-electron chi connectivity index (χ4n) is 0.768. The monoisotopic (exact) mass is 215 g/mol. The Morgan fingerprint density at radius 2 is 1.86 bits per heavy atom. The summed E-state index contributed by atoms with van der Waals surface area (Å²) in [5.74, 6) is 0.165. The van der Waals surface area contributed by atoms with Crippen LogP contribution in [0, 0.1) is 0 Å². The van der Waals surface area contributed by atoms with Gasteiger partial charge in [0.15, 0.2) is 0 Å². The van der Waals surface area contributed by atoms with E-state index in [2.05, 4.69) is 4.74 Å². The smallest absolute Gasteiger partial charge is 0.311 e. The summed E-state index contributed by atoms with van der Waals surface area (Å²) in [4.78, 5) is 10.2. The van der Waals surface area contributed by atoms with Crippen molar-refractivity contribution < 1.29 is 22.5 Å². The lowest BCUT2D eigenvalue weighted by Gasteiger charge is -2.08. The van der Waals surface area contributed by atoms with Gasteiger partial charge in [-0.05, 0) is 12.1 Å². The van der Waals surface area contributed by atoms with E-state index < -0.39 is 15.6 Å². The van der Waals surface area contributed by atoms with Crippen LogP contribution in [0.2, 0.25) is 0 Å². The lowest BCUT2D eigenvalue weighted by atomic mass is 10.3. The van der Waals surface area contributed by atoms with Gasteiger partial charge in [0, 0.05) is 0 Å². The molecule has 0 heterocycles. The summed E-state index contributed by atoms with van der Waals surface area (Å²) >= 11 is 0. The minimum Gasteiger partial charge on any atom is -0.463 e. The van der Waals surface area contributed by atoms with Gasteiger partial charge in [0.1, 0.15) is 5.75 Å². The van der Waals surface area contributed by atoms with Gasteiger partial charge in [0.25, 0.3) is 11.7 Å². The highest BCUT2D eigenvalue weighted by Gasteiger charge is 2.25. The molecule has 1 unspecified atom stereocenters. The highest BCUT2D eigenvalue weighted by molar-refractivity contribution is 7.87. The zero-order valence-corrected chi connectivity index (χ0v) is 7.77. The van der Waals surface area contributed by atoms with Crippen molar-refractivity contribution in [1.29, 1.82) is 0 Å². The van der Waals surface area contributed by atoms with Crippen molar-refractivity contribution in [2.75, 3.05) is 0 Å². The number of hydrogen-bond acceptors (Lipinski definition) is 4. The maximum Gasteiger partial charge on any atom is 0.311 e. The fraction of sp³-hybridized carbons (Fsp3) is 0.125.